The smallest absolute Gasteiger partial charge is 0.119 e. The summed E-state index contributed by atoms with van der Waals surface area (Å²) in [5.74, 6) is 0.883. The van der Waals surface area contributed by atoms with Crippen LogP contribution < -0.4 is 10.1 Å². The van der Waals surface area contributed by atoms with Crippen molar-refractivity contribution in [2.45, 2.75) is 32.9 Å². The van der Waals surface area contributed by atoms with E-state index in [1.807, 2.05) is 23.0 Å². The van der Waals surface area contributed by atoms with Gasteiger partial charge in [0, 0.05) is 18.3 Å². The summed E-state index contributed by atoms with van der Waals surface area (Å²) in [5.41, 5.74) is 2.39. The van der Waals surface area contributed by atoms with Crippen molar-refractivity contribution >= 4 is 0 Å². The fourth-order valence-electron chi connectivity index (χ4n) is 2.24. The van der Waals surface area contributed by atoms with Crippen LogP contribution in [0.1, 0.15) is 37.4 Å². The zero-order valence-corrected chi connectivity index (χ0v) is 12.5. The van der Waals surface area contributed by atoms with Gasteiger partial charge in [0.15, 0.2) is 0 Å². The highest BCUT2D eigenvalue weighted by Crippen LogP contribution is 2.25. The number of rotatable bonds is 7. The number of nitrogens with zero attached hydrogens (tertiary/aromatic N) is 2. The number of aromatic nitrogens is 2. The number of benzene rings is 1. The third-order valence-electron chi connectivity index (χ3n) is 3.34. The second kappa shape index (κ2) is 7.10. The summed E-state index contributed by atoms with van der Waals surface area (Å²) in [4.78, 5) is 0. The number of nitrogens with one attached hydrogen (secondary N) is 1. The molecule has 0 spiro atoms. The lowest BCUT2D eigenvalue weighted by molar-refractivity contribution is 0.413. The first kappa shape index (κ1) is 14.6. The molecule has 0 fully saturated rings. The molecule has 0 bridgehead atoms. The van der Waals surface area contributed by atoms with E-state index >= 15 is 0 Å². The Bertz CT molecular complexity index is 536. The van der Waals surface area contributed by atoms with Gasteiger partial charge in [-0.3, -0.25) is 4.68 Å². The molecule has 2 rings (SSSR count). The van der Waals surface area contributed by atoms with Crippen LogP contribution in [0.5, 0.6) is 5.75 Å². The number of methoxy groups -OCH3 is 1. The Kier molecular flexibility index (Phi) is 5.18. The molecule has 0 saturated heterocycles. The van der Waals surface area contributed by atoms with Crippen LogP contribution in [-0.4, -0.2) is 23.4 Å². The lowest BCUT2D eigenvalue weighted by Gasteiger charge is -2.18. The predicted molar refractivity (Wildman–Crippen MR) is 81.0 cm³/mol. The quantitative estimate of drug-likeness (QED) is 0.843. The fourth-order valence-corrected chi connectivity index (χ4v) is 2.24. The standard InChI is InChI=1S/C16H23N3O/c1-4-9-17-16(14-11-18-19(5-2)12-14)13-7-6-8-15(10-13)20-3/h6-8,10-12,16-17H,4-5,9H2,1-3H3. The molecule has 4 nitrogen and oxygen atoms in total. The SMILES string of the molecule is CCCNC(c1cccc(OC)c1)c1cnn(CC)c1. The van der Waals surface area contributed by atoms with Gasteiger partial charge >= 0.3 is 0 Å². The predicted octanol–water partition coefficient (Wildman–Crippen LogP) is 3.00. The summed E-state index contributed by atoms with van der Waals surface area (Å²) in [5, 5.41) is 7.96. The first-order valence-corrected chi connectivity index (χ1v) is 7.18. The highest BCUT2D eigenvalue weighted by Gasteiger charge is 2.15. The van der Waals surface area contributed by atoms with Crippen molar-refractivity contribution in [2.75, 3.05) is 13.7 Å². The zero-order valence-electron chi connectivity index (χ0n) is 12.5. The molecule has 1 unspecified atom stereocenters. The van der Waals surface area contributed by atoms with Crippen LogP contribution in [-0.2, 0) is 6.54 Å². The van der Waals surface area contributed by atoms with Gasteiger partial charge in [-0.2, -0.15) is 5.10 Å². The first-order chi connectivity index (χ1) is 9.78. The van der Waals surface area contributed by atoms with Crippen molar-refractivity contribution in [3.8, 4) is 5.75 Å². The summed E-state index contributed by atoms with van der Waals surface area (Å²) in [6.07, 6.45) is 5.14. The van der Waals surface area contributed by atoms with E-state index in [1.165, 1.54) is 11.1 Å². The molecule has 0 aliphatic carbocycles. The highest BCUT2D eigenvalue weighted by atomic mass is 16.5. The third-order valence-corrected chi connectivity index (χ3v) is 3.34. The van der Waals surface area contributed by atoms with E-state index < -0.39 is 0 Å². The Morgan fingerprint density at radius 3 is 2.80 bits per heavy atom. The van der Waals surface area contributed by atoms with E-state index in [4.69, 9.17) is 4.74 Å². The molecule has 0 radical (unpaired) electrons. The number of hydrogen-bond donors (Lipinski definition) is 1. The fraction of sp³-hybridized carbons (Fsp3) is 0.438. The van der Waals surface area contributed by atoms with Crippen molar-refractivity contribution in [1.29, 1.82) is 0 Å². The molecule has 0 aliphatic rings. The Morgan fingerprint density at radius 2 is 2.15 bits per heavy atom. The monoisotopic (exact) mass is 273 g/mol. The molecule has 1 N–H and O–H groups in total. The average molecular weight is 273 g/mol. The summed E-state index contributed by atoms with van der Waals surface area (Å²) >= 11 is 0. The maximum atomic E-state index is 5.32. The molecule has 108 valence electrons. The van der Waals surface area contributed by atoms with Gasteiger partial charge in [0.2, 0.25) is 0 Å². The van der Waals surface area contributed by atoms with E-state index in [0.29, 0.717) is 0 Å². The van der Waals surface area contributed by atoms with E-state index in [9.17, 15) is 0 Å². The van der Waals surface area contributed by atoms with Crippen LogP contribution in [0.25, 0.3) is 0 Å². The van der Waals surface area contributed by atoms with Gasteiger partial charge in [-0.25, -0.2) is 0 Å². The zero-order chi connectivity index (χ0) is 14.4. The number of aryl methyl sites for hydroxylation is 1. The Hall–Kier alpha value is -1.81. The normalized spacial score (nSPS) is 12.3. The van der Waals surface area contributed by atoms with E-state index in [-0.39, 0.29) is 6.04 Å². The lowest BCUT2D eigenvalue weighted by atomic mass is 10.0. The minimum atomic E-state index is 0.158. The van der Waals surface area contributed by atoms with Crippen LogP contribution in [0, 0.1) is 0 Å². The van der Waals surface area contributed by atoms with Gasteiger partial charge in [-0.05, 0) is 37.6 Å². The average Bonchev–Trinajstić information content (AvgIpc) is 2.97. The maximum absolute atomic E-state index is 5.32. The van der Waals surface area contributed by atoms with Crippen molar-refractivity contribution in [2.24, 2.45) is 0 Å². The first-order valence-electron chi connectivity index (χ1n) is 7.18. The van der Waals surface area contributed by atoms with Gasteiger partial charge in [-0.1, -0.05) is 19.1 Å². The second-order valence-corrected chi connectivity index (χ2v) is 4.79. The van der Waals surface area contributed by atoms with Crippen molar-refractivity contribution < 1.29 is 4.74 Å². The van der Waals surface area contributed by atoms with Gasteiger partial charge in [0.1, 0.15) is 5.75 Å². The van der Waals surface area contributed by atoms with Crippen molar-refractivity contribution in [1.82, 2.24) is 15.1 Å². The van der Waals surface area contributed by atoms with Gasteiger partial charge in [0.25, 0.3) is 0 Å². The molecule has 1 aromatic carbocycles. The molecule has 1 heterocycles. The molecule has 0 amide bonds. The summed E-state index contributed by atoms with van der Waals surface area (Å²) < 4.78 is 7.28. The number of ether oxygens (including phenoxy) is 1. The summed E-state index contributed by atoms with van der Waals surface area (Å²) in [6, 6.07) is 8.36. The number of hydrogen-bond acceptors (Lipinski definition) is 3. The molecule has 20 heavy (non-hydrogen) atoms. The largest absolute Gasteiger partial charge is 0.497 e. The van der Waals surface area contributed by atoms with Crippen LogP contribution in [0.4, 0.5) is 0 Å². The van der Waals surface area contributed by atoms with Crippen LogP contribution in [0.3, 0.4) is 0 Å². The highest BCUT2D eigenvalue weighted by molar-refractivity contribution is 5.35. The molecular weight excluding hydrogens is 250 g/mol. The van der Waals surface area contributed by atoms with Crippen LogP contribution in [0.15, 0.2) is 36.7 Å². The Balaban J connectivity index is 2.30. The molecule has 0 aliphatic heterocycles. The second-order valence-electron chi connectivity index (χ2n) is 4.79. The van der Waals surface area contributed by atoms with E-state index in [1.54, 1.807) is 7.11 Å². The summed E-state index contributed by atoms with van der Waals surface area (Å²) in [7, 11) is 1.70. The minimum absolute atomic E-state index is 0.158. The van der Waals surface area contributed by atoms with Crippen LogP contribution in [0.2, 0.25) is 0 Å². The molecule has 1 atom stereocenters. The minimum Gasteiger partial charge on any atom is -0.497 e. The maximum Gasteiger partial charge on any atom is 0.119 e. The van der Waals surface area contributed by atoms with Crippen molar-refractivity contribution in [3.63, 3.8) is 0 Å². The lowest BCUT2D eigenvalue weighted by Crippen LogP contribution is -2.22. The van der Waals surface area contributed by atoms with Gasteiger partial charge in [0.05, 0.1) is 19.3 Å². The molecule has 4 heteroatoms. The van der Waals surface area contributed by atoms with E-state index in [0.717, 1.165) is 25.3 Å². The van der Waals surface area contributed by atoms with Gasteiger partial charge < -0.3 is 10.1 Å². The van der Waals surface area contributed by atoms with Gasteiger partial charge in [-0.15, -0.1) is 0 Å². The van der Waals surface area contributed by atoms with Crippen LogP contribution >= 0.6 is 0 Å². The Labute approximate surface area is 120 Å². The topological polar surface area (TPSA) is 39.1 Å². The molecule has 0 saturated carbocycles. The molecule has 1 aromatic heterocycles. The molecule has 2 aromatic rings. The van der Waals surface area contributed by atoms with E-state index in [2.05, 4.69) is 42.6 Å². The third kappa shape index (κ3) is 3.39. The summed E-state index contributed by atoms with van der Waals surface area (Å²) in [6.45, 7) is 6.12. The Morgan fingerprint density at radius 1 is 1.30 bits per heavy atom. The van der Waals surface area contributed by atoms with Crippen molar-refractivity contribution in [3.05, 3.63) is 47.8 Å². The molecular formula is C16H23N3O.